The molecule has 0 saturated heterocycles. The highest BCUT2D eigenvalue weighted by Gasteiger charge is 2.31. The summed E-state index contributed by atoms with van der Waals surface area (Å²) in [4.78, 5) is 13.7. The van der Waals surface area contributed by atoms with Crippen molar-refractivity contribution in [1.29, 1.82) is 0 Å². The monoisotopic (exact) mass is 214 g/mol. The molecule has 0 heterocycles. The van der Waals surface area contributed by atoms with E-state index < -0.39 is 0 Å². The molecule has 1 saturated carbocycles. The van der Waals surface area contributed by atoms with Crippen LogP contribution in [0.25, 0.3) is 0 Å². The second-order valence-electron chi connectivity index (χ2n) is 4.00. The van der Waals surface area contributed by atoms with Gasteiger partial charge in [-0.25, -0.2) is 4.79 Å². The first-order valence-electron chi connectivity index (χ1n) is 5.83. The normalized spacial score (nSPS) is 15.1. The van der Waals surface area contributed by atoms with E-state index in [4.69, 9.17) is 4.74 Å². The van der Waals surface area contributed by atoms with Gasteiger partial charge in [-0.1, -0.05) is 13.3 Å². The third kappa shape index (κ3) is 4.51. The number of ether oxygens (including phenoxy) is 1. The summed E-state index contributed by atoms with van der Waals surface area (Å²) in [6.07, 6.45) is 4.45. The fourth-order valence-corrected chi connectivity index (χ4v) is 1.50. The first kappa shape index (κ1) is 12.3. The lowest BCUT2D eigenvalue weighted by atomic mass is 10.3. The topological polar surface area (TPSA) is 41.6 Å². The number of amides is 2. The number of rotatable bonds is 7. The van der Waals surface area contributed by atoms with Crippen LogP contribution in [0, 0.1) is 0 Å². The number of unbranched alkanes of at least 4 members (excludes halogenated alkanes) is 1. The zero-order valence-electron chi connectivity index (χ0n) is 9.79. The van der Waals surface area contributed by atoms with Gasteiger partial charge in [0.15, 0.2) is 0 Å². The second-order valence-corrected chi connectivity index (χ2v) is 4.00. The molecule has 1 N–H and O–H groups in total. The Morgan fingerprint density at radius 3 is 2.80 bits per heavy atom. The van der Waals surface area contributed by atoms with Crippen molar-refractivity contribution in [1.82, 2.24) is 10.2 Å². The van der Waals surface area contributed by atoms with E-state index in [1.165, 1.54) is 0 Å². The van der Waals surface area contributed by atoms with Gasteiger partial charge in [0.1, 0.15) is 0 Å². The van der Waals surface area contributed by atoms with E-state index in [2.05, 4.69) is 12.2 Å². The first-order chi connectivity index (χ1) is 7.29. The first-order valence-corrected chi connectivity index (χ1v) is 5.83. The summed E-state index contributed by atoms with van der Waals surface area (Å²) in [5.41, 5.74) is 0. The molecule has 1 aliphatic rings. The number of hydrogen-bond donors (Lipinski definition) is 1. The molecule has 0 atom stereocenters. The van der Waals surface area contributed by atoms with E-state index in [9.17, 15) is 4.79 Å². The molecule has 0 aliphatic heterocycles. The van der Waals surface area contributed by atoms with Gasteiger partial charge in [0.25, 0.3) is 0 Å². The Morgan fingerprint density at radius 2 is 2.27 bits per heavy atom. The van der Waals surface area contributed by atoms with Crippen LogP contribution in [0.2, 0.25) is 0 Å². The number of carbonyl (C=O) groups excluding carboxylic acids is 1. The third-order valence-electron chi connectivity index (χ3n) is 2.59. The van der Waals surface area contributed by atoms with Crippen LogP contribution in [0.1, 0.15) is 32.6 Å². The number of carbonyl (C=O) groups is 1. The van der Waals surface area contributed by atoms with Gasteiger partial charge in [-0.2, -0.15) is 0 Å². The largest absolute Gasteiger partial charge is 0.383 e. The van der Waals surface area contributed by atoms with Crippen molar-refractivity contribution in [3.8, 4) is 0 Å². The quantitative estimate of drug-likeness (QED) is 0.654. The second kappa shape index (κ2) is 6.67. The molecule has 0 unspecified atom stereocenters. The molecule has 1 fully saturated rings. The van der Waals surface area contributed by atoms with Crippen molar-refractivity contribution in [3.63, 3.8) is 0 Å². The molecule has 4 heteroatoms. The lowest BCUT2D eigenvalue weighted by Gasteiger charge is -2.22. The van der Waals surface area contributed by atoms with Crippen LogP contribution in [0.4, 0.5) is 4.79 Å². The van der Waals surface area contributed by atoms with Crippen molar-refractivity contribution in [3.05, 3.63) is 0 Å². The Balaban J connectivity index is 2.24. The Kier molecular flexibility index (Phi) is 5.47. The zero-order valence-corrected chi connectivity index (χ0v) is 9.79. The standard InChI is InChI=1S/C11H22N2O2/c1-3-4-7-12-11(14)13(8-9-15-2)10-5-6-10/h10H,3-9H2,1-2H3,(H,12,14). The van der Waals surface area contributed by atoms with E-state index in [0.29, 0.717) is 19.2 Å². The molecule has 15 heavy (non-hydrogen) atoms. The van der Waals surface area contributed by atoms with Gasteiger partial charge in [-0.05, 0) is 19.3 Å². The molecule has 0 bridgehead atoms. The van der Waals surface area contributed by atoms with Gasteiger partial charge in [0, 0.05) is 26.2 Å². The van der Waals surface area contributed by atoms with Gasteiger partial charge >= 0.3 is 6.03 Å². The van der Waals surface area contributed by atoms with Crippen molar-refractivity contribution < 1.29 is 9.53 Å². The number of nitrogens with one attached hydrogen (secondary N) is 1. The fourth-order valence-electron chi connectivity index (χ4n) is 1.50. The van der Waals surface area contributed by atoms with E-state index in [-0.39, 0.29) is 6.03 Å². The summed E-state index contributed by atoms with van der Waals surface area (Å²) >= 11 is 0. The molecule has 0 aromatic rings. The summed E-state index contributed by atoms with van der Waals surface area (Å²) in [5, 5.41) is 2.95. The van der Waals surface area contributed by atoms with Crippen LogP contribution < -0.4 is 5.32 Å². The Labute approximate surface area is 92.0 Å². The Bertz CT molecular complexity index is 193. The van der Waals surface area contributed by atoms with Crippen LogP contribution in [0.3, 0.4) is 0 Å². The minimum absolute atomic E-state index is 0.0722. The van der Waals surface area contributed by atoms with Gasteiger partial charge in [0.2, 0.25) is 0 Å². The van der Waals surface area contributed by atoms with Gasteiger partial charge < -0.3 is 15.0 Å². The van der Waals surface area contributed by atoms with Crippen molar-refractivity contribution in [2.45, 2.75) is 38.6 Å². The minimum Gasteiger partial charge on any atom is -0.383 e. The van der Waals surface area contributed by atoms with Gasteiger partial charge in [-0.3, -0.25) is 0 Å². The molecule has 88 valence electrons. The predicted octanol–water partition coefficient (Wildman–Crippen LogP) is 1.61. The van der Waals surface area contributed by atoms with Crippen LogP contribution in [0.15, 0.2) is 0 Å². The third-order valence-corrected chi connectivity index (χ3v) is 2.59. The molecule has 4 nitrogen and oxygen atoms in total. The molecule has 1 aliphatic carbocycles. The lowest BCUT2D eigenvalue weighted by Crippen LogP contribution is -2.43. The van der Waals surface area contributed by atoms with E-state index in [1.54, 1.807) is 7.11 Å². The fraction of sp³-hybridized carbons (Fsp3) is 0.909. The summed E-state index contributed by atoms with van der Waals surface area (Å²) < 4.78 is 5.00. The smallest absolute Gasteiger partial charge is 0.317 e. The highest BCUT2D eigenvalue weighted by atomic mass is 16.5. The summed E-state index contributed by atoms with van der Waals surface area (Å²) in [5.74, 6) is 0. The maximum absolute atomic E-state index is 11.8. The number of hydrogen-bond acceptors (Lipinski definition) is 2. The minimum atomic E-state index is 0.0722. The van der Waals surface area contributed by atoms with Crippen molar-refractivity contribution in [2.75, 3.05) is 26.8 Å². The Morgan fingerprint density at radius 1 is 1.53 bits per heavy atom. The van der Waals surface area contributed by atoms with Crippen molar-refractivity contribution in [2.24, 2.45) is 0 Å². The number of methoxy groups -OCH3 is 1. The maximum Gasteiger partial charge on any atom is 0.317 e. The molecular formula is C11H22N2O2. The molecule has 2 amide bonds. The average Bonchev–Trinajstić information content (AvgIpc) is 3.03. The zero-order chi connectivity index (χ0) is 11.1. The molecule has 0 aromatic heterocycles. The molecule has 0 radical (unpaired) electrons. The summed E-state index contributed by atoms with van der Waals surface area (Å²) in [6, 6.07) is 0.532. The van der Waals surface area contributed by atoms with Gasteiger partial charge in [-0.15, -0.1) is 0 Å². The molecule has 0 spiro atoms. The number of urea groups is 1. The SMILES string of the molecule is CCCCNC(=O)N(CCOC)C1CC1. The molecule has 1 rings (SSSR count). The Hall–Kier alpha value is -0.770. The highest BCUT2D eigenvalue weighted by molar-refractivity contribution is 5.74. The van der Waals surface area contributed by atoms with Crippen molar-refractivity contribution >= 4 is 6.03 Å². The average molecular weight is 214 g/mol. The molecular weight excluding hydrogens is 192 g/mol. The van der Waals surface area contributed by atoms with E-state index in [1.807, 2.05) is 4.90 Å². The summed E-state index contributed by atoms with van der Waals surface area (Å²) in [7, 11) is 1.67. The van der Waals surface area contributed by atoms with Crippen LogP contribution in [-0.2, 0) is 4.74 Å². The van der Waals surface area contributed by atoms with Crippen LogP contribution in [0.5, 0.6) is 0 Å². The lowest BCUT2D eigenvalue weighted by molar-refractivity contribution is 0.146. The van der Waals surface area contributed by atoms with E-state index >= 15 is 0 Å². The van der Waals surface area contributed by atoms with Crippen LogP contribution >= 0.6 is 0 Å². The summed E-state index contributed by atoms with van der Waals surface area (Å²) in [6.45, 7) is 4.23. The number of nitrogens with zero attached hydrogens (tertiary/aromatic N) is 1. The maximum atomic E-state index is 11.8. The highest BCUT2D eigenvalue weighted by Crippen LogP contribution is 2.26. The predicted molar refractivity (Wildman–Crippen MR) is 59.9 cm³/mol. The van der Waals surface area contributed by atoms with E-state index in [0.717, 1.165) is 32.2 Å². The van der Waals surface area contributed by atoms with Crippen LogP contribution in [-0.4, -0.2) is 43.8 Å². The van der Waals surface area contributed by atoms with Gasteiger partial charge in [0.05, 0.1) is 6.61 Å². The molecule has 0 aromatic carbocycles.